The van der Waals surface area contributed by atoms with Gasteiger partial charge in [0.15, 0.2) is 11.6 Å². The summed E-state index contributed by atoms with van der Waals surface area (Å²) in [4.78, 5) is 13.0. The van der Waals surface area contributed by atoms with Gasteiger partial charge in [-0.15, -0.1) is 0 Å². The van der Waals surface area contributed by atoms with Crippen molar-refractivity contribution in [2.75, 3.05) is 5.32 Å². The third kappa shape index (κ3) is 2.46. The van der Waals surface area contributed by atoms with Gasteiger partial charge in [-0.1, -0.05) is 44.7 Å². The van der Waals surface area contributed by atoms with Crippen molar-refractivity contribution in [3.05, 3.63) is 59.5 Å². The monoisotopic (exact) mass is 323 g/mol. The zero-order valence-electron chi connectivity index (χ0n) is 14.9. The number of anilines is 1. The number of ketones is 1. The number of H-pyrrole nitrogens is 1. The number of hydrogen-bond donors (Lipinski definition) is 2. The molecule has 3 rings (SSSR count). The Morgan fingerprint density at radius 3 is 2.75 bits per heavy atom. The molecular formula is C20H25N3O. The first-order chi connectivity index (χ1) is 11.3. The van der Waals surface area contributed by atoms with Crippen LogP contribution in [0.3, 0.4) is 0 Å². The van der Waals surface area contributed by atoms with Gasteiger partial charge in [-0.2, -0.15) is 5.10 Å². The minimum Gasteiger partial charge on any atom is -0.342 e. The SMILES string of the molecule is C=C(/C=C\C=C/C)[C@]1(C)C2=C(CC(C)(C)CC2=O)Nc2n[nH]cc21. The lowest BCUT2D eigenvalue weighted by atomic mass is 9.62. The second-order valence-electron chi connectivity index (χ2n) is 7.60. The fourth-order valence-electron chi connectivity index (χ4n) is 3.84. The molecule has 0 saturated heterocycles. The van der Waals surface area contributed by atoms with Gasteiger partial charge in [0.25, 0.3) is 0 Å². The van der Waals surface area contributed by atoms with Crippen molar-refractivity contribution in [3.63, 3.8) is 0 Å². The van der Waals surface area contributed by atoms with Gasteiger partial charge in [0.2, 0.25) is 0 Å². The highest BCUT2D eigenvalue weighted by Gasteiger charge is 2.48. The Morgan fingerprint density at radius 2 is 2.04 bits per heavy atom. The van der Waals surface area contributed by atoms with Crippen molar-refractivity contribution in [2.45, 2.75) is 46.0 Å². The summed E-state index contributed by atoms with van der Waals surface area (Å²) >= 11 is 0. The van der Waals surface area contributed by atoms with E-state index in [2.05, 4.69) is 42.9 Å². The van der Waals surface area contributed by atoms with Crippen molar-refractivity contribution in [3.8, 4) is 0 Å². The number of carbonyl (C=O) groups is 1. The fourth-order valence-corrected chi connectivity index (χ4v) is 3.84. The standard InChI is InChI=1S/C20H25N3O/c1-6-7-8-9-13(2)20(5)14-12-21-23-18(14)22-15-10-19(3,4)11-16(24)17(15)20/h6-9,12H,2,10-11H2,1,3-5H3,(H2,21,22,23)/b7-6-,9-8-/t20-/m0/s1. The van der Waals surface area contributed by atoms with Crippen LogP contribution < -0.4 is 5.32 Å². The Bertz CT molecular complexity index is 792. The molecule has 1 aliphatic heterocycles. The maximum Gasteiger partial charge on any atom is 0.162 e. The fraction of sp³-hybridized carbons (Fsp3) is 0.400. The molecule has 1 atom stereocenters. The highest BCUT2D eigenvalue weighted by Crippen LogP contribution is 2.51. The first-order valence-corrected chi connectivity index (χ1v) is 8.36. The molecule has 1 aromatic rings. The number of aromatic nitrogens is 2. The van der Waals surface area contributed by atoms with Crippen LogP contribution in [-0.4, -0.2) is 16.0 Å². The van der Waals surface area contributed by atoms with Crippen LogP contribution in [0.15, 0.2) is 53.9 Å². The predicted molar refractivity (Wildman–Crippen MR) is 97.7 cm³/mol. The van der Waals surface area contributed by atoms with E-state index in [-0.39, 0.29) is 11.2 Å². The van der Waals surface area contributed by atoms with Crippen molar-refractivity contribution >= 4 is 11.6 Å². The highest BCUT2D eigenvalue weighted by molar-refractivity contribution is 6.02. The molecule has 4 nitrogen and oxygen atoms in total. The van der Waals surface area contributed by atoms with Crippen LogP contribution in [0.4, 0.5) is 5.82 Å². The quantitative estimate of drug-likeness (QED) is 0.809. The maximum absolute atomic E-state index is 13.0. The molecule has 1 aromatic heterocycles. The molecule has 2 N–H and O–H groups in total. The number of fused-ring (bicyclic) bond motifs is 1. The van der Waals surface area contributed by atoms with Crippen LogP contribution in [0, 0.1) is 5.41 Å². The summed E-state index contributed by atoms with van der Waals surface area (Å²) in [5.74, 6) is 0.992. The molecule has 24 heavy (non-hydrogen) atoms. The van der Waals surface area contributed by atoms with Gasteiger partial charge in [0, 0.05) is 29.5 Å². The van der Waals surface area contributed by atoms with Crippen molar-refractivity contribution in [1.29, 1.82) is 0 Å². The summed E-state index contributed by atoms with van der Waals surface area (Å²) in [7, 11) is 0. The summed E-state index contributed by atoms with van der Waals surface area (Å²) in [6.07, 6.45) is 11.1. The predicted octanol–water partition coefficient (Wildman–Crippen LogP) is 4.42. The molecule has 0 fully saturated rings. The van der Waals surface area contributed by atoms with Crippen LogP contribution in [0.25, 0.3) is 0 Å². The number of allylic oxidation sites excluding steroid dienone is 7. The van der Waals surface area contributed by atoms with Crippen LogP contribution in [0.1, 0.15) is 46.1 Å². The first-order valence-electron chi connectivity index (χ1n) is 8.36. The third-order valence-electron chi connectivity index (χ3n) is 5.07. The second kappa shape index (κ2) is 5.62. The number of nitrogens with zero attached hydrogens (tertiary/aromatic N) is 1. The number of nitrogens with one attached hydrogen (secondary N) is 2. The maximum atomic E-state index is 13.0. The van der Waals surface area contributed by atoms with E-state index < -0.39 is 5.41 Å². The molecule has 2 heterocycles. The van der Waals surface area contributed by atoms with Crippen LogP contribution in [-0.2, 0) is 10.2 Å². The molecule has 126 valence electrons. The number of carbonyl (C=O) groups excluding carboxylic acids is 1. The van der Waals surface area contributed by atoms with Gasteiger partial charge in [-0.3, -0.25) is 9.89 Å². The van der Waals surface area contributed by atoms with E-state index in [1.807, 2.05) is 37.4 Å². The van der Waals surface area contributed by atoms with Gasteiger partial charge < -0.3 is 5.32 Å². The highest BCUT2D eigenvalue weighted by atomic mass is 16.1. The van der Waals surface area contributed by atoms with E-state index in [0.717, 1.165) is 34.6 Å². The minimum absolute atomic E-state index is 0.0419. The van der Waals surface area contributed by atoms with Gasteiger partial charge in [-0.25, -0.2) is 0 Å². The molecule has 4 heteroatoms. The smallest absolute Gasteiger partial charge is 0.162 e. The lowest BCUT2D eigenvalue weighted by molar-refractivity contribution is -0.118. The molecule has 0 bridgehead atoms. The average molecular weight is 323 g/mol. The van der Waals surface area contributed by atoms with Gasteiger partial charge in [-0.05, 0) is 31.3 Å². The van der Waals surface area contributed by atoms with Gasteiger partial charge in [0.05, 0.1) is 5.41 Å². The lowest BCUT2D eigenvalue weighted by Crippen LogP contribution is -2.41. The number of hydrogen-bond acceptors (Lipinski definition) is 3. The first kappa shape index (κ1) is 16.5. The molecule has 1 aliphatic carbocycles. The molecule has 0 amide bonds. The van der Waals surface area contributed by atoms with Gasteiger partial charge >= 0.3 is 0 Å². The van der Waals surface area contributed by atoms with E-state index in [0.29, 0.717) is 6.42 Å². The van der Waals surface area contributed by atoms with E-state index in [4.69, 9.17) is 0 Å². The Kier molecular flexibility index (Phi) is 3.86. The normalized spacial score (nSPS) is 25.8. The van der Waals surface area contributed by atoms with Gasteiger partial charge in [0.1, 0.15) is 0 Å². The lowest BCUT2D eigenvalue weighted by Gasteiger charge is -2.43. The summed E-state index contributed by atoms with van der Waals surface area (Å²) in [6, 6.07) is 0. The Hall–Kier alpha value is -2.36. The van der Waals surface area contributed by atoms with E-state index >= 15 is 0 Å². The van der Waals surface area contributed by atoms with E-state index in [1.54, 1.807) is 0 Å². The average Bonchev–Trinajstić information content (AvgIpc) is 2.94. The number of aromatic amines is 1. The number of rotatable bonds is 3. The summed E-state index contributed by atoms with van der Waals surface area (Å²) in [5, 5.41) is 10.6. The molecule has 0 radical (unpaired) electrons. The largest absolute Gasteiger partial charge is 0.342 e. The molecular weight excluding hydrogens is 298 g/mol. The molecule has 0 unspecified atom stereocenters. The summed E-state index contributed by atoms with van der Waals surface area (Å²) in [5.41, 5.74) is 3.09. The Balaban J connectivity index is 2.16. The number of Topliss-reactive ketones (excluding diaryl/α,β-unsaturated/α-hetero) is 1. The zero-order valence-corrected chi connectivity index (χ0v) is 14.9. The van der Waals surface area contributed by atoms with Crippen LogP contribution >= 0.6 is 0 Å². The molecule has 0 spiro atoms. The molecule has 2 aliphatic rings. The Morgan fingerprint density at radius 1 is 1.29 bits per heavy atom. The van der Waals surface area contributed by atoms with Crippen LogP contribution in [0.2, 0.25) is 0 Å². The molecule has 0 saturated carbocycles. The van der Waals surface area contributed by atoms with E-state index in [9.17, 15) is 4.79 Å². The Labute approximate surface area is 143 Å². The van der Waals surface area contributed by atoms with E-state index in [1.165, 1.54) is 0 Å². The molecule has 0 aromatic carbocycles. The van der Waals surface area contributed by atoms with Crippen molar-refractivity contribution in [1.82, 2.24) is 10.2 Å². The third-order valence-corrected chi connectivity index (χ3v) is 5.07. The summed E-state index contributed by atoms with van der Waals surface area (Å²) < 4.78 is 0. The minimum atomic E-state index is -0.561. The van der Waals surface area contributed by atoms with Crippen molar-refractivity contribution in [2.24, 2.45) is 5.41 Å². The second-order valence-corrected chi connectivity index (χ2v) is 7.60. The van der Waals surface area contributed by atoms with Crippen molar-refractivity contribution < 1.29 is 4.79 Å². The zero-order chi connectivity index (χ0) is 17.5. The summed E-state index contributed by atoms with van der Waals surface area (Å²) in [6.45, 7) is 12.6. The van der Waals surface area contributed by atoms with Crippen LogP contribution in [0.5, 0.6) is 0 Å². The topological polar surface area (TPSA) is 57.8 Å².